The molecular formula is C19H20F2N4OS. The first kappa shape index (κ1) is 18.0. The largest absolute Gasteiger partial charge is 0.435 e. The van der Waals surface area contributed by atoms with Crippen LogP contribution in [0.15, 0.2) is 41.0 Å². The molecule has 2 aromatic rings. The molecule has 27 heavy (non-hydrogen) atoms. The Balaban J connectivity index is 1.59. The summed E-state index contributed by atoms with van der Waals surface area (Å²) in [5.74, 6) is 1.89. The zero-order valence-electron chi connectivity index (χ0n) is 15.0. The van der Waals surface area contributed by atoms with Gasteiger partial charge >= 0.3 is 6.61 Å². The maximum Gasteiger partial charge on any atom is 0.387 e. The number of alkyl halides is 2. The number of benzene rings is 1. The number of rotatable bonds is 5. The fourth-order valence-corrected chi connectivity index (χ4v) is 4.22. The first-order chi connectivity index (χ1) is 12.9. The Morgan fingerprint density at radius 1 is 1.37 bits per heavy atom. The second-order valence-corrected chi connectivity index (χ2v) is 7.94. The molecule has 8 heteroatoms. The zero-order chi connectivity index (χ0) is 19.2. The number of hydrogen-bond acceptors (Lipinski definition) is 4. The molecule has 2 bridgehead atoms. The third-order valence-electron chi connectivity index (χ3n) is 5.82. The van der Waals surface area contributed by atoms with Gasteiger partial charge in [0.1, 0.15) is 5.75 Å². The predicted octanol–water partition coefficient (Wildman–Crippen LogP) is 5.04. The van der Waals surface area contributed by atoms with E-state index in [1.54, 1.807) is 16.8 Å². The lowest BCUT2D eigenvalue weighted by Gasteiger charge is -2.55. The van der Waals surface area contributed by atoms with E-state index in [2.05, 4.69) is 40.0 Å². The number of ether oxygens (including phenoxy) is 1. The van der Waals surface area contributed by atoms with Crippen LogP contribution in [-0.2, 0) is 0 Å². The Morgan fingerprint density at radius 2 is 2.11 bits per heavy atom. The molecule has 1 heterocycles. The van der Waals surface area contributed by atoms with E-state index in [-0.39, 0.29) is 5.75 Å². The fraction of sp³-hybridized carbons (Fsp3) is 0.421. The highest BCUT2D eigenvalue weighted by atomic mass is 32.1. The van der Waals surface area contributed by atoms with Crippen molar-refractivity contribution in [2.75, 3.05) is 0 Å². The van der Waals surface area contributed by atoms with E-state index in [4.69, 9.17) is 12.2 Å². The Labute approximate surface area is 160 Å². The first-order valence-corrected chi connectivity index (χ1v) is 9.24. The molecule has 0 radical (unpaired) electrons. The molecule has 1 aromatic heterocycles. The molecule has 0 amide bonds. The summed E-state index contributed by atoms with van der Waals surface area (Å²) in [5.41, 5.74) is 2.25. The molecule has 1 N–H and O–H groups in total. The van der Waals surface area contributed by atoms with Crippen molar-refractivity contribution in [1.82, 2.24) is 14.9 Å². The van der Waals surface area contributed by atoms with Crippen LogP contribution in [0.4, 0.5) is 8.78 Å². The number of H-pyrrole nitrogens is 1. The van der Waals surface area contributed by atoms with E-state index >= 15 is 0 Å². The summed E-state index contributed by atoms with van der Waals surface area (Å²) in [6.07, 6.45) is 6.42. The average molecular weight is 390 g/mol. The van der Waals surface area contributed by atoms with Crippen molar-refractivity contribution in [2.24, 2.45) is 22.4 Å². The van der Waals surface area contributed by atoms with Crippen molar-refractivity contribution >= 4 is 18.4 Å². The quantitative estimate of drug-likeness (QED) is 0.575. The third kappa shape index (κ3) is 3.22. The molecule has 2 atom stereocenters. The highest BCUT2D eigenvalue weighted by molar-refractivity contribution is 7.71. The first-order valence-electron chi connectivity index (χ1n) is 8.83. The second-order valence-electron chi connectivity index (χ2n) is 7.56. The molecule has 0 unspecified atom stereocenters. The van der Waals surface area contributed by atoms with Crippen LogP contribution in [0.2, 0.25) is 0 Å². The van der Waals surface area contributed by atoms with Gasteiger partial charge in [0, 0.05) is 5.56 Å². The van der Waals surface area contributed by atoms with Crippen molar-refractivity contribution < 1.29 is 13.5 Å². The summed E-state index contributed by atoms with van der Waals surface area (Å²) >= 11 is 5.29. The van der Waals surface area contributed by atoms with E-state index in [1.165, 1.54) is 24.1 Å². The molecule has 0 aliphatic heterocycles. The Hall–Kier alpha value is -2.35. The number of hydrogen-bond donors (Lipinski definition) is 1. The lowest BCUT2D eigenvalue weighted by atomic mass is 9.49. The van der Waals surface area contributed by atoms with E-state index in [1.807, 2.05) is 6.21 Å². The molecule has 3 aliphatic carbocycles. The summed E-state index contributed by atoms with van der Waals surface area (Å²) in [7, 11) is 0. The van der Waals surface area contributed by atoms with Gasteiger partial charge in [-0.1, -0.05) is 19.9 Å². The van der Waals surface area contributed by atoms with Crippen LogP contribution >= 0.6 is 12.2 Å². The lowest BCUT2D eigenvalue weighted by Crippen LogP contribution is -2.48. The molecular weight excluding hydrogens is 370 g/mol. The van der Waals surface area contributed by atoms with Crippen LogP contribution < -0.4 is 4.74 Å². The van der Waals surface area contributed by atoms with Crippen molar-refractivity contribution in [3.8, 4) is 17.1 Å². The highest BCUT2D eigenvalue weighted by Crippen LogP contribution is 2.58. The predicted molar refractivity (Wildman–Crippen MR) is 101 cm³/mol. The van der Waals surface area contributed by atoms with Gasteiger partial charge < -0.3 is 4.74 Å². The minimum atomic E-state index is -2.85. The number of aromatic amines is 1. The van der Waals surface area contributed by atoms with E-state index in [0.717, 1.165) is 12.3 Å². The van der Waals surface area contributed by atoms with Gasteiger partial charge in [-0.3, -0.25) is 0 Å². The summed E-state index contributed by atoms with van der Waals surface area (Å²) in [5, 5.41) is 11.5. The molecule has 1 saturated carbocycles. The normalized spacial score (nSPS) is 23.4. The molecule has 1 fully saturated rings. The maximum atomic E-state index is 12.3. The number of aromatic nitrogens is 3. The standard InChI is InChI=1S/C19H20F2N4OS/c1-19(2)13-6-3-12(15(19)9-13)10-22-25-16(23-24-18(25)27)11-4-7-14(8-5-11)26-17(20)21/h3-5,7-8,10,13,15,17H,6,9H2,1-2H3,(H,24,27)/b22-10-/t13-,15+/m0/s1. The van der Waals surface area contributed by atoms with E-state index in [9.17, 15) is 8.78 Å². The number of nitrogens with one attached hydrogen (secondary N) is 1. The zero-order valence-corrected chi connectivity index (χ0v) is 15.8. The summed E-state index contributed by atoms with van der Waals surface area (Å²) in [6.45, 7) is 1.77. The van der Waals surface area contributed by atoms with Crippen LogP contribution in [0.1, 0.15) is 26.7 Å². The lowest BCUT2D eigenvalue weighted by molar-refractivity contribution is -0.0498. The molecule has 5 rings (SSSR count). The SMILES string of the molecule is CC1(C)[C@H]2CC=C(/C=N\n3c(-c4ccc(OC(F)F)cc4)n[nH]c3=S)[C@H]1C2. The Morgan fingerprint density at radius 3 is 2.74 bits per heavy atom. The van der Waals surface area contributed by atoms with Crippen LogP contribution in [0.5, 0.6) is 5.75 Å². The summed E-state index contributed by atoms with van der Waals surface area (Å²) in [6, 6.07) is 6.23. The molecule has 3 aliphatic rings. The Kier molecular flexibility index (Phi) is 4.46. The van der Waals surface area contributed by atoms with Gasteiger partial charge in [0.25, 0.3) is 0 Å². The summed E-state index contributed by atoms with van der Waals surface area (Å²) < 4.78 is 30.9. The van der Waals surface area contributed by atoms with Gasteiger partial charge in [-0.2, -0.15) is 23.7 Å². The van der Waals surface area contributed by atoms with E-state index < -0.39 is 6.61 Å². The molecule has 0 saturated heterocycles. The Bertz CT molecular complexity index is 959. The number of fused-ring (bicyclic) bond motifs is 1. The second kappa shape index (κ2) is 6.67. The average Bonchev–Trinajstić information content (AvgIpc) is 3.00. The summed E-state index contributed by atoms with van der Waals surface area (Å²) in [4.78, 5) is 0. The van der Waals surface area contributed by atoms with Crippen LogP contribution in [-0.4, -0.2) is 27.7 Å². The third-order valence-corrected chi connectivity index (χ3v) is 6.09. The molecule has 1 aromatic carbocycles. The molecule has 5 nitrogen and oxygen atoms in total. The van der Waals surface area contributed by atoms with Crippen molar-refractivity contribution in [3.63, 3.8) is 0 Å². The van der Waals surface area contributed by atoms with Crippen LogP contribution in [0.25, 0.3) is 11.4 Å². The van der Waals surface area contributed by atoms with Gasteiger partial charge in [-0.15, -0.1) is 0 Å². The maximum absolute atomic E-state index is 12.3. The minimum absolute atomic E-state index is 0.0899. The van der Waals surface area contributed by atoms with Gasteiger partial charge in [-0.05, 0) is 72.1 Å². The van der Waals surface area contributed by atoms with Gasteiger partial charge in [-0.25, -0.2) is 5.10 Å². The number of halogens is 2. The highest BCUT2D eigenvalue weighted by Gasteiger charge is 2.50. The van der Waals surface area contributed by atoms with Crippen molar-refractivity contribution in [1.29, 1.82) is 0 Å². The molecule has 142 valence electrons. The van der Waals surface area contributed by atoms with E-state index in [0.29, 0.717) is 27.5 Å². The molecule has 0 spiro atoms. The van der Waals surface area contributed by atoms with Crippen molar-refractivity contribution in [2.45, 2.75) is 33.3 Å². The van der Waals surface area contributed by atoms with Gasteiger partial charge in [0.15, 0.2) is 5.82 Å². The number of allylic oxidation sites excluding steroid dienone is 2. The van der Waals surface area contributed by atoms with Crippen LogP contribution in [0.3, 0.4) is 0 Å². The van der Waals surface area contributed by atoms with Crippen molar-refractivity contribution in [3.05, 3.63) is 40.7 Å². The van der Waals surface area contributed by atoms with Gasteiger partial charge in [0.2, 0.25) is 4.77 Å². The smallest absolute Gasteiger partial charge is 0.387 e. The fourth-order valence-electron chi connectivity index (χ4n) is 4.04. The van der Waals surface area contributed by atoms with Gasteiger partial charge in [0.05, 0.1) is 6.21 Å². The minimum Gasteiger partial charge on any atom is -0.435 e. The topological polar surface area (TPSA) is 55.2 Å². The van der Waals surface area contributed by atoms with Crippen LogP contribution in [0, 0.1) is 22.0 Å². The number of nitrogens with zero attached hydrogens (tertiary/aromatic N) is 3. The monoisotopic (exact) mass is 390 g/mol.